The third kappa shape index (κ3) is 3.36. The van der Waals surface area contributed by atoms with Gasteiger partial charge in [0, 0.05) is 23.2 Å². The lowest BCUT2D eigenvalue weighted by atomic mass is 10.1. The molecule has 1 aliphatic heterocycles. The van der Waals surface area contributed by atoms with Crippen LogP contribution >= 0.6 is 23.7 Å². The van der Waals surface area contributed by atoms with E-state index in [1.54, 1.807) is 0 Å². The Morgan fingerprint density at radius 3 is 2.95 bits per heavy atom. The van der Waals surface area contributed by atoms with Gasteiger partial charge in [0.05, 0.1) is 5.69 Å². The molecule has 21 heavy (non-hydrogen) atoms. The fourth-order valence-electron chi connectivity index (χ4n) is 2.22. The van der Waals surface area contributed by atoms with Gasteiger partial charge in [-0.25, -0.2) is 4.98 Å². The first-order valence-corrected chi connectivity index (χ1v) is 7.65. The van der Waals surface area contributed by atoms with Crippen molar-refractivity contribution in [2.45, 2.75) is 26.2 Å². The Hall–Kier alpha value is -1.59. The molecule has 0 unspecified atom stereocenters. The maximum absolute atomic E-state index is 12.2. The highest BCUT2D eigenvalue weighted by atomic mass is 35.5. The number of nitrogens with zero attached hydrogens (tertiary/aromatic N) is 1. The highest BCUT2D eigenvalue weighted by Gasteiger charge is 2.15. The Labute approximate surface area is 134 Å². The Bertz CT molecular complexity index is 654. The second kappa shape index (κ2) is 6.45. The van der Waals surface area contributed by atoms with Crippen LogP contribution < -0.4 is 10.6 Å². The summed E-state index contributed by atoms with van der Waals surface area (Å²) >= 11 is 1.47. The van der Waals surface area contributed by atoms with Gasteiger partial charge in [-0.3, -0.25) is 10.1 Å². The van der Waals surface area contributed by atoms with Crippen molar-refractivity contribution in [1.82, 2.24) is 4.98 Å². The minimum absolute atomic E-state index is 0. The third-order valence-corrected chi connectivity index (χ3v) is 4.19. The molecule has 2 aromatic rings. The van der Waals surface area contributed by atoms with Crippen molar-refractivity contribution in [2.24, 2.45) is 0 Å². The van der Waals surface area contributed by atoms with Crippen molar-refractivity contribution in [3.63, 3.8) is 0 Å². The van der Waals surface area contributed by atoms with Crippen LogP contribution in [0.2, 0.25) is 0 Å². The Morgan fingerprint density at radius 1 is 1.43 bits per heavy atom. The number of fused-ring (bicyclic) bond motifs is 1. The molecule has 1 aromatic carbocycles. The van der Waals surface area contributed by atoms with Gasteiger partial charge < -0.3 is 5.32 Å². The molecule has 1 aromatic heterocycles. The van der Waals surface area contributed by atoms with Gasteiger partial charge in [-0.1, -0.05) is 13.8 Å². The highest BCUT2D eigenvalue weighted by molar-refractivity contribution is 7.14. The highest BCUT2D eigenvalue weighted by Crippen LogP contribution is 2.25. The van der Waals surface area contributed by atoms with Gasteiger partial charge >= 0.3 is 0 Å². The molecule has 6 heteroatoms. The summed E-state index contributed by atoms with van der Waals surface area (Å²) in [6.45, 7) is 5.13. The largest absolute Gasteiger partial charge is 0.384 e. The van der Waals surface area contributed by atoms with E-state index in [0.717, 1.165) is 24.3 Å². The average molecular weight is 324 g/mol. The van der Waals surface area contributed by atoms with Crippen LogP contribution in [-0.2, 0) is 6.42 Å². The van der Waals surface area contributed by atoms with Crippen molar-refractivity contribution in [1.29, 1.82) is 0 Å². The molecule has 0 aliphatic carbocycles. The zero-order valence-electron chi connectivity index (χ0n) is 12.0. The van der Waals surface area contributed by atoms with Crippen molar-refractivity contribution < 1.29 is 4.79 Å². The number of aromatic nitrogens is 1. The first-order valence-electron chi connectivity index (χ1n) is 6.77. The number of amides is 1. The molecule has 2 N–H and O–H groups in total. The SMILES string of the molecule is CC(C)c1csc(NC(=O)c2ccc3c(c2)CCN3)n1.Cl. The molecule has 2 heterocycles. The molecule has 0 fully saturated rings. The molecule has 0 bridgehead atoms. The number of hydrogen-bond acceptors (Lipinski definition) is 4. The zero-order chi connectivity index (χ0) is 14.1. The molecule has 4 nitrogen and oxygen atoms in total. The van der Waals surface area contributed by atoms with Crippen LogP contribution in [0.3, 0.4) is 0 Å². The summed E-state index contributed by atoms with van der Waals surface area (Å²) < 4.78 is 0. The van der Waals surface area contributed by atoms with Crippen molar-refractivity contribution in [2.75, 3.05) is 17.2 Å². The summed E-state index contributed by atoms with van der Waals surface area (Å²) in [5, 5.41) is 8.82. The van der Waals surface area contributed by atoms with Crippen LogP contribution in [0.15, 0.2) is 23.6 Å². The van der Waals surface area contributed by atoms with Crippen LogP contribution in [0.4, 0.5) is 10.8 Å². The van der Waals surface area contributed by atoms with Crippen molar-refractivity contribution in [3.8, 4) is 0 Å². The van der Waals surface area contributed by atoms with E-state index in [9.17, 15) is 4.79 Å². The van der Waals surface area contributed by atoms with Crippen LogP contribution in [-0.4, -0.2) is 17.4 Å². The Balaban J connectivity index is 0.00000161. The quantitative estimate of drug-likeness (QED) is 0.900. The summed E-state index contributed by atoms with van der Waals surface area (Å²) in [7, 11) is 0. The van der Waals surface area contributed by atoms with Gasteiger partial charge in [-0.05, 0) is 36.1 Å². The number of halogens is 1. The molecule has 0 saturated heterocycles. The average Bonchev–Trinajstić information content (AvgIpc) is 3.05. The molecule has 3 rings (SSSR count). The summed E-state index contributed by atoms with van der Waals surface area (Å²) in [4.78, 5) is 16.7. The number of thiazole rings is 1. The molecule has 0 saturated carbocycles. The first-order chi connectivity index (χ1) is 9.63. The van der Waals surface area contributed by atoms with E-state index >= 15 is 0 Å². The molecule has 0 spiro atoms. The van der Waals surface area contributed by atoms with Gasteiger partial charge in [0.15, 0.2) is 5.13 Å². The Kier molecular flexibility index (Phi) is 4.85. The molecule has 0 radical (unpaired) electrons. The van der Waals surface area contributed by atoms with E-state index < -0.39 is 0 Å². The van der Waals surface area contributed by atoms with E-state index in [4.69, 9.17) is 0 Å². The zero-order valence-corrected chi connectivity index (χ0v) is 13.6. The van der Waals surface area contributed by atoms with E-state index in [0.29, 0.717) is 16.6 Å². The van der Waals surface area contributed by atoms with E-state index in [-0.39, 0.29) is 18.3 Å². The summed E-state index contributed by atoms with van der Waals surface area (Å²) in [5.74, 6) is 0.285. The van der Waals surface area contributed by atoms with Gasteiger partial charge in [0.2, 0.25) is 0 Å². The molecule has 1 aliphatic rings. The molecule has 0 atom stereocenters. The second-order valence-corrected chi connectivity index (χ2v) is 6.09. The second-order valence-electron chi connectivity index (χ2n) is 5.24. The summed E-state index contributed by atoms with van der Waals surface area (Å²) in [6, 6.07) is 5.78. The number of hydrogen-bond donors (Lipinski definition) is 2. The van der Waals surface area contributed by atoms with Crippen molar-refractivity contribution in [3.05, 3.63) is 40.4 Å². The maximum atomic E-state index is 12.2. The number of anilines is 2. The number of nitrogens with one attached hydrogen (secondary N) is 2. The summed E-state index contributed by atoms with van der Waals surface area (Å²) in [6.07, 6.45) is 0.977. The standard InChI is InChI=1S/C15H17N3OS.ClH/c1-9(2)13-8-20-15(17-13)18-14(19)11-3-4-12-10(7-11)5-6-16-12;/h3-4,7-9,16H,5-6H2,1-2H3,(H,17,18,19);1H. The van der Waals surface area contributed by atoms with Gasteiger partial charge in [0.1, 0.15) is 0 Å². The van der Waals surface area contributed by atoms with Crippen molar-refractivity contribution >= 4 is 40.5 Å². The normalized spacial score (nSPS) is 12.5. The van der Waals surface area contributed by atoms with Gasteiger partial charge in [-0.2, -0.15) is 0 Å². The van der Waals surface area contributed by atoms with E-state index in [1.807, 2.05) is 23.6 Å². The maximum Gasteiger partial charge on any atom is 0.257 e. The summed E-state index contributed by atoms with van der Waals surface area (Å²) in [5.41, 5.74) is 4.05. The number of carbonyl (C=O) groups is 1. The molecular weight excluding hydrogens is 306 g/mol. The molecular formula is C15H18ClN3OS. The minimum Gasteiger partial charge on any atom is -0.384 e. The van der Waals surface area contributed by atoms with Crippen LogP contribution in [0.25, 0.3) is 0 Å². The lowest BCUT2D eigenvalue weighted by molar-refractivity contribution is 0.102. The van der Waals surface area contributed by atoms with Gasteiger partial charge in [-0.15, -0.1) is 23.7 Å². The lowest BCUT2D eigenvalue weighted by Crippen LogP contribution is -2.12. The van der Waals surface area contributed by atoms with Crippen LogP contribution in [0.5, 0.6) is 0 Å². The molecule has 1 amide bonds. The fraction of sp³-hybridized carbons (Fsp3) is 0.333. The topological polar surface area (TPSA) is 54.0 Å². The lowest BCUT2D eigenvalue weighted by Gasteiger charge is -2.05. The van der Waals surface area contributed by atoms with Crippen LogP contribution in [0.1, 0.15) is 41.4 Å². The van der Waals surface area contributed by atoms with E-state index in [2.05, 4.69) is 29.5 Å². The minimum atomic E-state index is -0.0932. The van der Waals surface area contributed by atoms with Gasteiger partial charge in [0.25, 0.3) is 5.91 Å². The van der Waals surface area contributed by atoms with Crippen LogP contribution in [0, 0.1) is 0 Å². The first kappa shape index (κ1) is 15.8. The smallest absolute Gasteiger partial charge is 0.257 e. The molecule has 112 valence electrons. The van der Waals surface area contributed by atoms with E-state index in [1.165, 1.54) is 16.9 Å². The fourth-order valence-corrected chi connectivity index (χ4v) is 3.09. The predicted octanol–water partition coefficient (Wildman–Crippen LogP) is 3.91. The monoisotopic (exact) mass is 323 g/mol. The third-order valence-electron chi connectivity index (χ3n) is 3.41. The predicted molar refractivity (Wildman–Crippen MR) is 90.0 cm³/mol. The number of benzene rings is 1. The number of rotatable bonds is 3. The Morgan fingerprint density at radius 2 is 2.24 bits per heavy atom. The number of carbonyl (C=O) groups excluding carboxylic acids is 1.